The molecular weight excluding hydrogens is 278 g/mol. The molecule has 1 unspecified atom stereocenters. The van der Waals surface area contributed by atoms with Crippen LogP contribution in [-0.4, -0.2) is 17.6 Å². The Morgan fingerprint density at radius 1 is 1.32 bits per heavy atom. The molecule has 2 N–H and O–H groups in total. The van der Waals surface area contributed by atoms with Crippen LogP contribution in [0.4, 0.5) is 5.69 Å². The van der Waals surface area contributed by atoms with Crippen molar-refractivity contribution in [2.75, 3.05) is 12.3 Å². The van der Waals surface area contributed by atoms with Crippen molar-refractivity contribution in [2.45, 2.75) is 19.4 Å². The molecule has 2 aromatic rings. The molecule has 0 amide bonds. The average Bonchev–Trinajstić information content (AvgIpc) is 2.54. The molecule has 22 heavy (non-hydrogen) atoms. The molecule has 1 heterocycles. The summed E-state index contributed by atoms with van der Waals surface area (Å²) in [7, 11) is 0. The lowest BCUT2D eigenvalue weighted by molar-refractivity contribution is -0.143. The van der Waals surface area contributed by atoms with Crippen molar-refractivity contribution in [1.29, 1.82) is 0 Å². The van der Waals surface area contributed by atoms with Crippen molar-refractivity contribution in [3.63, 3.8) is 0 Å². The number of hydrogen-bond acceptors (Lipinski definition) is 4. The molecule has 0 aliphatic carbocycles. The highest BCUT2D eigenvalue weighted by molar-refractivity contribution is 5.73. The Labute approximate surface area is 129 Å². The lowest BCUT2D eigenvalue weighted by Crippen LogP contribution is -2.10. The number of pyridine rings is 1. The minimum absolute atomic E-state index is 0.0114. The molecule has 0 aliphatic heterocycles. The number of nitrogens with zero attached hydrogens (tertiary/aromatic N) is 2. The second-order valence-corrected chi connectivity index (χ2v) is 4.69. The number of carbonyl (C=O) groups excluding carboxylic acids is 1. The molecule has 1 aromatic heterocycles. The first-order valence-corrected chi connectivity index (χ1v) is 6.99. The molecular formula is C17H17N3O2. The Bertz CT molecular complexity index is 693. The van der Waals surface area contributed by atoms with E-state index < -0.39 is 12.0 Å². The van der Waals surface area contributed by atoms with Crippen LogP contribution in [0.2, 0.25) is 0 Å². The molecule has 112 valence electrons. The third-order valence-electron chi connectivity index (χ3n) is 3.16. The van der Waals surface area contributed by atoms with Crippen molar-refractivity contribution in [3.05, 3.63) is 59.6 Å². The molecule has 5 heteroatoms. The van der Waals surface area contributed by atoms with Gasteiger partial charge in [0.1, 0.15) is 12.1 Å². The van der Waals surface area contributed by atoms with E-state index in [-0.39, 0.29) is 6.42 Å². The van der Waals surface area contributed by atoms with Gasteiger partial charge in [0.25, 0.3) is 6.04 Å². The van der Waals surface area contributed by atoms with Gasteiger partial charge in [-0.2, -0.15) is 0 Å². The number of ether oxygens (including phenoxy) is 1. The van der Waals surface area contributed by atoms with Crippen molar-refractivity contribution in [3.8, 4) is 11.3 Å². The van der Waals surface area contributed by atoms with E-state index in [2.05, 4.69) is 9.83 Å². The standard InChI is InChI=1S/C17H17N3O2/c1-3-22-16(21)11-15(19-2)14-10-9-13(18)17(20-14)12-7-5-4-6-8-12/h4-10,15H,3,11,18H2,1H3. The quantitative estimate of drug-likeness (QED) is 0.679. The number of nitrogens with two attached hydrogens (primary N) is 1. The van der Waals surface area contributed by atoms with E-state index >= 15 is 0 Å². The zero-order valence-electron chi connectivity index (χ0n) is 12.3. The normalized spacial score (nSPS) is 11.5. The topological polar surface area (TPSA) is 69.6 Å². The van der Waals surface area contributed by atoms with E-state index in [0.29, 0.717) is 23.7 Å². The Morgan fingerprint density at radius 3 is 2.68 bits per heavy atom. The molecule has 0 bridgehead atoms. The first kappa shape index (κ1) is 15.5. The van der Waals surface area contributed by atoms with Crippen LogP contribution in [0.1, 0.15) is 25.1 Å². The molecule has 1 atom stereocenters. The monoisotopic (exact) mass is 295 g/mol. The van der Waals surface area contributed by atoms with Gasteiger partial charge in [-0.1, -0.05) is 30.3 Å². The molecule has 0 saturated heterocycles. The van der Waals surface area contributed by atoms with Gasteiger partial charge in [-0.25, -0.2) is 11.6 Å². The van der Waals surface area contributed by atoms with Crippen molar-refractivity contribution in [1.82, 2.24) is 4.98 Å². The summed E-state index contributed by atoms with van der Waals surface area (Å²) in [5, 5.41) is 0. The van der Waals surface area contributed by atoms with Crippen molar-refractivity contribution < 1.29 is 9.53 Å². The fourth-order valence-corrected chi connectivity index (χ4v) is 2.09. The maximum absolute atomic E-state index is 11.6. The zero-order chi connectivity index (χ0) is 15.9. The van der Waals surface area contributed by atoms with Crippen LogP contribution in [0.5, 0.6) is 0 Å². The van der Waals surface area contributed by atoms with Crippen LogP contribution >= 0.6 is 0 Å². The van der Waals surface area contributed by atoms with Crippen LogP contribution in [0, 0.1) is 6.57 Å². The maximum atomic E-state index is 11.6. The maximum Gasteiger partial charge on any atom is 0.314 e. The summed E-state index contributed by atoms with van der Waals surface area (Å²) in [5.74, 6) is -0.400. The number of rotatable bonds is 5. The summed E-state index contributed by atoms with van der Waals surface area (Å²) in [5.41, 5.74) is 8.54. The van der Waals surface area contributed by atoms with Gasteiger partial charge in [0.2, 0.25) is 0 Å². The molecule has 2 rings (SSSR count). The van der Waals surface area contributed by atoms with Gasteiger partial charge in [0, 0.05) is 5.56 Å². The minimum atomic E-state index is -0.665. The first-order chi connectivity index (χ1) is 10.7. The number of carbonyl (C=O) groups is 1. The van der Waals surface area contributed by atoms with Crippen molar-refractivity contribution >= 4 is 11.7 Å². The van der Waals surface area contributed by atoms with E-state index in [0.717, 1.165) is 5.56 Å². The van der Waals surface area contributed by atoms with Crippen molar-refractivity contribution in [2.24, 2.45) is 0 Å². The Balaban J connectivity index is 2.32. The van der Waals surface area contributed by atoms with Crippen LogP contribution in [0.15, 0.2) is 42.5 Å². The minimum Gasteiger partial charge on any atom is -0.466 e. The number of anilines is 1. The average molecular weight is 295 g/mol. The van der Waals surface area contributed by atoms with Crippen LogP contribution in [-0.2, 0) is 9.53 Å². The lowest BCUT2D eigenvalue weighted by atomic mass is 10.1. The number of benzene rings is 1. The second-order valence-electron chi connectivity index (χ2n) is 4.69. The summed E-state index contributed by atoms with van der Waals surface area (Å²) in [6.45, 7) is 9.33. The van der Waals surface area contributed by atoms with Gasteiger partial charge < -0.3 is 15.3 Å². The summed E-state index contributed by atoms with van der Waals surface area (Å²) < 4.78 is 4.90. The lowest BCUT2D eigenvalue weighted by Gasteiger charge is -2.09. The highest BCUT2D eigenvalue weighted by Crippen LogP contribution is 2.28. The molecule has 5 nitrogen and oxygen atoms in total. The number of esters is 1. The van der Waals surface area contributed by atoms with Gasteiger partial charge in [-0.05, 0) is 19.1 Å². The zero-order valence-corrected chi connectivity index (χ0v) is 12.3. The van der Waals surface area contributed by atoms with Gasteiger partial charge in [0.15, 0.2) is 0 Å². The third kappa shape index (κ3) is 3.61. The van der Waals surface area contributed by atoms with E-state index in [1.54, 1.807) is 19.1 Å². The molecule has 0 saturated carbocycles. The van der Waals surface area contributed by atoms with Crippen LogP contribution in [0.3, 0.4) is 0 Å². The van der Waals surface area contributed by atoms with Gasteiger partial charge in [-0.3, -0.25) is 4.79 Å². The number of aromatic nitrogens is 1. The summed E-state index contributed by atoms with van der Waals surface area (Å²) in [6, 6.07) is 12.2. The molecule has 0 aliphatic rings. The SMILES string of the molecule is [C-]#[N+]C(CC(=O)OCC)c1ccc(N)c(-c2ccccc2)n1. The highest BCUT2D eigenvalue weighted by atomic mass is 16.5. The molecule has 0 fully saturated rings. The molecule has 1 aromatic carbocycles. The number of nitrogen functional groups attached to an aromatic ring is 1. The van der Waals surface area contributed by atoms with E-state index in [1.807, 2.05) is 30.3 Å². The summed E-state index contributed by atoms with van der Waals surface area (Å²) in [6.07, 6.45) is -0.0114. The predicted molar refractivity (Wildman–Crippen MR) is 84.7 cm³/mol. The van der Waals surface area contributed by atoms with Crippen LogP contribution < -0.4 is 5.73 Å². The Hall–Kier alpha value is -2.87. The summed E-state index contributed by atoms with van der Waals surface area (Å²) in [4.78, 5) is 19.6. The van der Waals surface area contributed by atoms with Gasteiger partial charge in [-0.15, -0.1) is 0 Å². The van der Waals surface area contributed by atoms with Crippen LogP contribution in [0.25, 0.3) is 16.1 Å². The van der Waals surface area contributed by atoms with E-state index in [1.165, 1.54) is 0 Å². The van der Waals surface area contributed by atoms with E-state index in [9.17, 15) is 4.79 Å². The molecule has 0 radical (unpaired) electrons. The Kier molecular flexibility index (Phi) is 5.10. The summed E-state index contributed by atoms with van der Waals surface area (Å²) >= 11 is 0. The van der Waals surface area contributed by atoms with Gasteiger partial charge in [0.05, 0.1) is 18.0 Å². The molecule has 0 spiro atoms. The highest BCUT2D eigenvalue weighted by Gasteiger charge is 2.23. The predicted octanol–water partition coefficient (Wildman–Crippen LogP) is 3.24. The Morgan fingerprint density at radius 2 is 2.05 bits per heavy atom. The van der Waals surface area contributed by atoms with Gasteiger partial charge >= 0.3 is 5.97 Å². The fraction of sp³-hybridized carbons (Fsp3) is 0.235. The largest absolute Gasteiger partial charge is 0.466 e. The fourth-order valence-electron chi connectivity index (χ4n) is 2.09. The smallest absolute Gasteiger partial charge is 0.314 e. The first-order valence-electron chi connectivity index (χ1n) is 6.99. The number of hydrogen-bond donors (Lipinski definition) is 1. The second kappa shape index (κ2) is 7.23. The third-order valence-corrected chi connectivity index (χ3v) is 3.16. The van der Waals surface area contributed by atoms with E-state index in [4.69, 9.17) is 17.0 Å².